The van der Waals surface area contributed by atoms with E-state index in [4.69, 9.17) is 29.0 Å². The van der Waals surface area contributed by atoms with Crippen molar-refractivity contribution in [2.75, 3.05) is 25.6 Å². The summed E-state index contributed by atoms with van der Waals surface area (Å²) in [5.41, 5.74) is 4.57. The molecule has 0 radical (unpaired) electrons. The third-order valence-electron chi connectivity index (χ3n) is 10.9. The number of aliphatic hydroxyl groups is 3. The van der Waals surface area contributed by atoms with Crippen LogP contribution in [0.4, 0.5) is 5.82 Å². The van der Waals surface area contributed by atoms with Gasteiger partial charge < -0.3 is 45.1 Å². The number of anilines is 1. The molecule has 0 spiro atoms. The predicted octanol–water partition coefficient (Wildman–Crippen LogP) is 9.97. The van der Waals surface area contributed by atoms with Crippen molar-refractivity contribution >= 4 is 33.4 Å². The van der Waals surface area contributed by atoms with E-state index < -0.39 is 89.8 Å². The maximum Gasteiger partial charge on any atom is 0.481 e. The number of aliphatic hydroxyl groups excluding tert-OH is 3. The number of unbranched alkanes of at least 4 members (excludes halogenated alkanes) is 7. The lowest BCUT2D eigenvalue weighted by Crippen LogP contribution is -2.36. The van der Waals surface area contributed by atoms with Crippen LogP contribution in [-0.2, 0) is 46.3 Å². The highest BCUT2D eigenvalue weighted by molar-refractivity contribution is 7.61. The van der Waals surface area contributed by atoms with Gasteiger partial charge in [-0.1, -0.05) is 142 Å². The summed E-state index contributed by atoms with van der Waals surface area (Å²) in [4.78, 5) is 61.9. The Balaban J connectivity index is 1.86. The zero-order chi connectivity index (χ0) is 55.0. The van der Waals surface area contributed by atoms with Gasteiger partial charge in [-0.25, -0.2) is 13.9 Å². The molecule has 2 rings (SSSR count). The van der Waals surface area contributed by atoms with Gasteiger partial charge in [-0.3, -0.25) is 23.2 Å². The molecule has 1 saturated heterocycles. The molecule has 1 aliphatic rings. The molecule has 0 amide bonds. The molecule has 0 aliphatic carbocycles. The number of phosphoric ester groups is 2. The second kappa shape index (κ2) is 40.6. The van der Waals surface area contributed by atoms with Crippen LogP contribution < -0.4 is 11.4 Å². The minimum Gasteiger partial charge on any atom is -0.462 e. The second-order valence-electron chi connectivity index (χ2n) is 17.5. The quantitative estimate of drug-likeness (QED) is 0.0117. The van der Waals surface area contributed by atoms with E-state index >= 15 is 0 Å². The molecule has 1 aromatic heterocycles. The molecule has 19 nitrogen and oxygen atoms in total. The number of rotatable bonds is 41. The summed E-state index contributed by atoms with van der Waals surface area (Å²) in [6, 6.07) is 1.23. The molecular weight excluding hydrogens is 1010 g/mol. The average molecular weight is 1090 g/mol. The van der Waals surface area contributed by atoms with Crippen molar-refractivity contribution in [3.8, 4) is 0 Å². The lowest BCUT2D eigenvalue weighted by Gasteiger charge is -2.21. The van der Waals surface area contributed by atoms with Crippen molar-refractivity contribution in [1.82, 2.24) is 9.55 Å². The zero-order valence-corrected chi connectivity index (χ0v) is 45.4. The fraction of sp³-hybridized carbons (Fsp3) is 0.556. The molecule has 1 aromatic rings. The van der Waals surface area contributed by atoms with E-state index in [1.807, 2.05) is 12.2 Å². The van der Waals surface area contributed by atoms with Gasteiger partial charge in [0, 0.05) is 19.0 Å². The maximum absolute atomic E-state index is 12.9. The van der Waals surface area contributed by atoms with Crippen LogP contribution in [0.25, 0.3) is 0 Å². The van der Waals surface area contributed by atoms with Crippen LogP contribution in [0.2, 0.25) is 0 Å². The fourth-order valence-corrected chi connectivity index (χ4v) is 8.99. The largest absolute Gasteiger partial charge is 0.481 e. The summed E-state index contributed by atoms with van der Waals surface area (Å²) in [7, 11) is -10.9. The van der Waals surface area contributed by atoms with Crippen LogP contribution in [0, 0.1) is 0 Å². The summed E-state index contributed by atoms with van der Waals surface area (Å²) in [5, 5.41) is 31.1. The summed E-state index contributed by atoms with van der Waals surface area (Å²) >= 11 is 0. The van der Waals surface area contributed by atoms with Crippen LogP contribution in [0.1, 0.15) is 142 Å². The van der Waals surface area contributed by atoms with Gasteiger partial charge in [0.15, 0.2) is 12.3 Å². The average Bonchev–Trinajstić information content (AvgIpc) is 3.64. The molecule has 0 bridgehead atoms. The molecule has 7 N–H and O–H groups in total. The van der Waals surface area contributed by atoms with Crippen LogP contribution in [0.5, 0.6) is 0 Å². The Kier molecular flexibility index (Phi) is 36.0. The first-order chi connectivity index (χ1) is 36.1. The predicted molar refractivity (Wildman–Crippen MR) is 290 cm³/mol. The van der Waals surface area contributed by atoms with Crippen LogP contribution in [0.3, 0.4) is 0 Å². The number of nitrogens with zero attached hydrogens (tertiary/aromatic N) is 2. The first-order valence-electron chi connectivity index (χ1n) is 26.0. The third kappa shape index (κ3) is 33.2. The van der Waals surface area contributed by atoms with Crippen molar-refractivity contribution < 1.29 is 71.4 Å². The van der Waals surface area contributed by atoms with E-state index in [-0.39, 0.29) is 18.7 Å². The van der Waals surface area contributed by atoms with E-state index in [0.717, 1.165) is 75.0 Å². The summed E-state index contributed by atoms with van der Waals surface area (Å²) < 4.78 is 56.6. The highest BCUT2D eigenvalue weighted by atomic mass is 31.3. The second-order valence-corrected chi connectivity index (χ2v) is 20.5. The summed E-state index contributed by atoms with van der Waals surface area (Å²) in [6.07, 6.45) is 43.3. The number of carbonyl (C=O) groups excluding carboxylic acids is 2. The first kappa shape index (κ1) is 66.5. The molecule has 21 heteroatoms. The lowest BCUT2D eigenvalue weighted by atomic mass is 10.1. The number of allylic oxidation sites excluding steroid dienone is 16. The molecule has 0 saturated carbocycles. The van der Waals surface area contributed by atoms with Gasteiger partial charge in [-0.2, -0.15) is 9.29 Å². The highest BCUT2D eigenvalue weighted by Gasteiger charge is 2.46. The zero-order valence-electron chi connectivity index (χ0n) is 43.7. The van der Waals surface area contributed by atoms with Gasteiger partial charge in [0.05, 0.1) is 19.3 Å². The first-order valence-corrected chi connectivity index (χ1v) is 29.0. The fourth-order valence-electron chi connectivity index (χ4n) is 6.88. The molecule has 2 heterocycles. The Morgan fingerprint density at radius 2 is 1.29 bits per heavy atom. The van der Waals surface area contributed by atoms with Gasteiger partial charge in [0.2, 0.25) is 0 Å². The normalized spacial score (nSPS) is 20.1. The number of hydrogen-bond donors (Lipinski definition) is 6. The monoisotopic (exact) mass is 1090 g/mol. The standard InChI is InChI=1S/C54H83N3O16P2/c1-3-5-7-9-11-13-14-15-16-17-18-19-20-21-22-24-26-30-34-38-49(59)68-42-46(71-50(60)39-35-31-27-29-33-37-45(58)36-32-28-25-23-12-10-8-6-4-2)43-69-74(64,65)73-75(66,67)70-44-47-51(61)52(62)53(72-47)57-41-40-48(55)56-54(57)63/h5,7,11-13,15-16,18-19,21-23,27-29,32-33,37,40-41,45-47,51-53,58,61-62H,3-4,6,8-10,14,17,20,24-26,30-31,34-36,38-39,42-44H2,1-2H3,(H,64,65)(H,66,67)(H2,55,56,63)/b7-5-,13-11-,16-15-,19-18-,22-21-,23-12-,29-27+,32-28-,37-33-/t45?,46-,47-,51-,52-,53-/m1/s1. The molecule has 420 valence electrons. The SMILES string of the molecule is CC/C=C\C/C=C\C/C=C\C/C=C\C/C=C\CCCCCC(=O)OC[C@H](COP(=O)(O)OP(=O)(O)OC[C@H]1O[C@@H](n2ccc(N)nc2=O)[C@H](O)[C@@H]1O)OC(=O)CCC/C=C/C=C\C(O)C/C=C\C/C=C\CCCCC. The number of nitrogens with two attached hydrogens (primary N) is 1. The van der Waals surface area contributed by atoms with Crippen molar-refractivity contribution in [2.45, 2.75) is 173 Å². The molecule has 1 fully saturated rings. The number of hydrogen-bond acceptors (Lipinski definition) is 16. The molecule has 0 aromatic carbocycles. The number of esters is 2. The van der Waals surface area contributed by atoms with E-state index in [1.54, 1.807) is 24.3 Å². The van der Waals surface area contributed by atoms with Crippen molar-refractivity contribution in [3.05, 3.63) is 132 Å². The highest BCUT2D eigenvalue weighted by Crippen LogP contribution is 2.60. The van der Waals surface area contributed by atoms with Crippen molar-refractivity contribution in [2.24, 2.45) is 0 Å². The number of aromatic nitrogens is 2. The van der Waals surface area contributed by atoms with Crippen molar-refractivity contribution in [3.63, 3.8) is 0 Å². The third-order valence-corrected chi connectivity index (χ3v) is 13.5. The lowest BCUT2D eigenvalue weighted by molar-refractivity contribution is -0.161. The van der Waals surface area contributed by atoms with Gasteiger partial charge >= 0.3 is 33.3 Å². The number of phosphoric acid groups is 2. The Labute approximate surface area is 443 Å². The van der Waals surface area contributed by atoms with Crippen LogP contribution in [-0.4, -0.2) is 96.9 Å². The smallest absolute Gasteiger partial charge is 0.462 e. The Morgan fingerprint density at radius 3 is 1.92 bits per heavy atom. The Hall–Kier alpha value is -4.62. The van der Waals surface area contributed by atoms with Gasteiger partial charge in [0.25, 0.3) is 0 Å². The van der Waals surface area contributed by atoms with Crippen LogP contribution >= 0.6 is 15.6 Å². The van der Waals surface area contributed by atoms with Crippen LogP contribution in [0.15, 0.2) is 126 Å². The van der Waals surface area contributed by atoms with Gasteiger partial charge in [0.1, 0.15) is 30.7 Å². The molecular formula is C54H83N3O16P2. The van der Waals surface area contributed by atoms with E-state index in [0.29, 0.717) is 25.7 Å². The number of ether oxygens (including phenoxy) is 3. The Bertz CT molecular complexity index is 2200. The number of nitrogen functional groups attached to an aromatic ring is 1. The summed E-state index contributed by atoms with van der Waals surface area (Å²) in [5.74, 6) is -1.49. The van der Waals surface area contributed by atoms with E-state index in [1.165, 1.54) is 25.3 Å². The van der Waals surface area contributed by atoms with Crippen molar-refractivity contribution in [1.29, 1.82) is 0 Å². The minimum atomic E-state index is -5.47. The Morgan fingerprint density at radius 1 is 0.720 bits per heavy atom. The van der Waals surface area contributed by atoms with E-state index in [9.17, 15) is 48.6 Å². The topological polar surface area (TPSA) is 286 Å². The molecule has 8 atom stereocenters. The van der Waals surface area contributed by atoms with E-state index in [2.05, 4.69) is 96.1 Å². The minimum absolute atomic E-state index is 0.0516. The maximum atomic E-state index is 12.9. The summed E-state index contributed by atoms with van der Waals surface area (Å²) in [6.45, 7) is 1.83. The van der Waals surface area contributed by atoms with Gasteiger partial charge in [-0.05, 0) is 96.0 Å². The molecule has 3 unspecified atom stereocenters. The van der Waals surface area contributed by atoms with Gasteiger partial charge in [-0.15, -0.1) is 0 Å². The molecule has 75 heavy (non-hydrogen) atoms. The number of carbonyl (C=O) groups is 2. The molecule has 1 aliphatic heterocycles.